The van der Waals surface area contributed by atoms with E-state index in [-0.39, 0.29) is 18.3 Å². The van der Waals surface area contributed by atoms with E-state index in [1.807, 2.05) is 13.8 Å². The molecule has 0 N–H and O–H groups in total. The van der Waals surface area contributed by atoms with Gasteiger partial charge in [-0.15, -0.1) is 0 Å². The summed E-state index contributed by atoms with van der Waals surface area (Å²) >= 11 is 0. The average molecular weight is 288 g/mol. The van der Waals surface area contributed by atoms with Crippen LogP contribution in [0.25, 0.3) is 0 Å². The van der Waals surface area contributed by atoms with E-state index in [1.54, 1.807) is 0 Å². The summed E-state index contributed by atoms with van der Waals surface area (Å²) in [5.74, 6) is 0.435. The van der Waals surface area contributed by atoms with Gasteiger partial charge in [0.25, 0.3) is 5.56 Å². The van der Waals surface area contributed by atoms with Crippen molar-refractivity contribution in [3.05, 3.63) is 39.9 Å². The highest BCUT2D eigenvalue weighted by atomic mass is 19.4. The lowest BCUT2D eigenvalue weighted by atomic mass is 10.2. The Bertz CT molecular complexity index is 660. The maximum atomic E-state index is 12.5. The minimum Gasteiger partial charge on any atom is -0.339 e. The highest BCUT2D eigenvalue weighted by molar-refractivity contribution is 5.05. The first-order chi connectivity index (χ1) is 9.27. The van der Waals surface area contributed by atoms with Gasteiger partial charge in [0.2, 0.25) is 5.89 Å². The summed E-state index contributed by atoms with van der Waals surface area (Å²) in [6, 6.07) is 1.44. The topological polar surface area (TPSA) is 73.8 Å². The number of nitrogens with zero attached hydrogens (tertiary/aromatic N) is 4. The number of rotatable bonds is 3. The molecule has 0 aromatic carbocycles. The van der Waals surface area contributed by atoms with Crippen molar-refractivity contribution < 1.29 is 17.7 Å². The van der Waals surface area contributed by atoms with Gasteiger partial charge in [-0.3, -0.25) is 4.79 Å². The van der Waals surface area contributed by atoms with Gasteiger partial charge in [0.15, 0.2) is 11.5 Å². The second-order valence-electron chi connectivity index (χ2n) is 4.42. The van der Waals surface area contributed by atoms with Gasteiger partial charge in [-0.05, 0) is 6.07 Å². The summed E-state index contributed by atoms with van der Waals surface area (Å²) in [5, 5.41) is 6.85. The fourth-order valence-electron chi connectivity index (χ4n) is 1.41. The van der Waals surface area contributed by atoms with Crippen LogP contribution in [-0.4, -0.2) is 19.9 Å². The normalized spacial score (nSPS) is 12.1. The summed E-state index contributed by atoms with van der Waals surface area (Å²) in [5.41, 5.74) is -1.82. The molecule has 2 rings (SSSR count). The molecule has 0 saturated carbocycles. The summed E-state index contributed by atoms with van der Waals surface area (Å²) in [7, 11) is 0. The zero-order chi connectivity index (χ0) is 14.9. The molecule has 0 aliphatic heterocycles. The van der Waals surface area contributed by atoms with E-state index in [4.69, 9.17) is 4.52 Å². The van der Waals surface area contributed by atoms with Gasteiger partial charge in [0, 0.05) is 12.0 Å². The van der Waals surface area contributed by atoms with Crippen LogP contribution < -0.4 is 5.56 Å². The molecular weight excluding hydrogens is 277 g/mol. The Kier molecular flexibility index (Phi) is 3.60. The first-order valence-electron chi connectivity index (χ1n) is 5.75. The third-order valence-corrected chi connectivity index (χ3v) is 2.43. The van der Waals surface area contributed by atoms with E-state index in [9.17, 15) is 18.0 Å². The number of hydrogen-bond donors (Lipinski definition) is 0. The van der Waals surface area contributed by atoms with Crippen LogP contribution in [0.5, 0.6) is 0 Å². The molecule has 0 bridgehead atoms. The van der Waals surface area contributed by atoms with Crippen LogP contribution in [0.15, 0.2) is 21.5 Å². The molecule has 0 aliphatic carbocycles. The molecule has 0 radical (unpaired) electrons. The number of aromatic nitrogens is 4. The maximum Gasteiger partial charge on any atom is 0.435 e. The summed E-state index contributed by atoms with van der Waals surface area (Å²) < 4.78 is 43.1. The first-order valence-corrected chi connectivity index (χ1v) is 5.75. The van der Waals surface area contributed by atoms with E-state index in [0.717, 1.165) is 6.07 Å². The predicted molar refractivity (Wildman–Crippen MR) is 61.0 cm³/mol. The van der Waals surface area contributed by atoms with Crippen molar-refractivity contribution in [1.82, 2.24) is 19.9 Å². The van der Waals surface area contributed by atoms with Crippen LogP contribution in [-0.2, 0) is 12.7 Å². The van der Waals surface area contributed by atoms with Gasteiger partial charge in [0.05, 0.1) is 0 Å². The van der Waals surface area contributed by atoms with E-state index in [2.05, 4.69) is 15.2 Å². The minimum absolute atomic E-state index is 0.0116. The molecule has 108 valence electrons. The van der Waals surface area contributed by atoms with E-state index < -0.39 is 17.4 Å². The standard InChI is InChI=1S/C11H11F3N4O2/c1-6(2)10-15-8(17-20-10)5-18-9(19)4-3-7(16-18)11(12,13)14/h3-4,6H,5H2,1-2H3. The van der Waals surface area contributed by atoms with Crippen molar-refractivity contribution in [1.29, 1.82) is 0 Å². The Morgan fingerprint density at radius 1 is 1.35 bits per heavy atom. The van der Waals surface area contributed by atoms with Crippen molar-refractivity contribution in [2.75, 3.05) is 0 Å². The number of alkyl halides is 3. The van der Waals surface area contributed by atoms with Crippen LogP contribution in [0.1, 0.15) is 37.2 Å². The number of hydrogen-bond acceptors (Lipinski definition) is 5. The molecule has 0 aliphatic rings. The van der Waals surface area contributed by atoms with Gasteiger partial charge in [-0.25, -0.2) is 4.68 Å². The third kappa shape index (κ3) is 3.03. The van der Waals surface area contributed by atoms with E-state index >= 15 is 0 Å². The fraction of sp³-hybridized carbons (Fsp3) is 0.455. The van der Waals surface area contributed by atoms with E-state index in [1.165, 1.54) is 0 Å². The largest absolute Gasteiger partial charge is 0.435 e. The quantitative estimate of drug-likeness (QED) is 0.861. The Morgan fingerprint density at radius 2 is 2.05 bits per heavy atom. The average Bonchev–Trinajstić information content (AvgIpc) is 2.79. The molecule has 0 atom stereocenters. The summed E-state index contributed by atoms with van der Waals surface area (Å²) in [6.45, 7) is 3.37. The Balaban J connectivity index is 2.30. The zero-order valence-electron chi connectivity index (χ0n) is 10.7. The lowest BCUT2D eigenvalue weighted by Gasteiger charge is -2.07. The molecule has 0 unspecified atom stereocenters. The Hall–Kier alpha value is -2.19. The first kappa shape index (κ1) is 14.2. The molecule has 20 heavy (non-hydrogen) atoms. The molecule has 2 aromatic heterocycles. The highest BCUT2D eigenvalue weighted by Gasteiger charge is 2.33. The van der Waals surface area contributed by atoms with E-state index in [0.29, 0.717) is 16.6 Å². The molecule has 9 heteroatoms. The Morgan fingerprint density at radius 3 is 2.60 bits per heavy atom. The Labute approximate surface area is 111 Å². The third-order valence-electron chi connectivity index (χ3n) is 2.43. The lowest BCUT2D eigenvalue weighted by Crippen LogP contribution is -2.26. The molecule has 2 aromatic rings. The lowest BCUT2D eigenvalue weighted by molar-refractivity contribution is -0.142. The molecule has 0 spiro atoms. The second-order valence-corrected chi connectivity index (χ2v) is 4.42. The minimum atomic E-state index is -4.62. The molecule has 2 heterocycles. The van der Waals surface area contributed by atoms with Crippen molar-refractivity contribution >= 4 is 0 Å². The van der Waals surface area contributed by atoms with Gasteiger partial charge in [-0.2, -0.15) is 23.3 Å². The monoisotopic (exact) mass is 288 g/mol. The van der Waals surface area contributed by atoms with Crippen molar-refractivity contribution in [3.8, 4) is 0 Å². The molecule has 0 saturated heterocycles. The van der Waals surface area contributed by atoms with Crippen molar-refractivity contribution in [2.24, 2.45) is 0 Å². The number of halogens is 3. The second kappa shape index (κ2) is 5.06. The van der Waals surface area contributed by atoms with Gasteiger partial charge >= 0.3 is 6.18 Å². The molecule has 6 nitrogen and oxygen atoms in total. The van der Waals surface area contributed by atoms with Crippen LogP contribution in [0, 0.1) is 0 Å². The van der Waals surface area contributed by atoms with Crippen LogP contribution in [0.2, 0.25) is 0 Å². The van der Waals surface area contributed by atoms with Crippen LogP contribution in [0.4, 0.5) is 13.2 Å². The van der Waals surface area contributed by atoms with Crippen LogP contribution in [0.3, 0.4) is 0 Å². The zero-order valence-corrected chi connectivity index (χ0v) is 10.7. The van der Waals surface area contributed by atoms with Gasteiger partial charge in [-0.1, -0.05) is 19.0 Å². The summed E-state index contributed by atoms with van der Waals surface area (Å²) in [6.07, 6.45) is -4.62. The van der Waals surface area contributed by atoms with Crippen molar-refractivity contribution in [2.45, 2.75) is 32.5 Å². The summed E-state index contributed by atoms with van der Waals surface area (Å²) in [4.78, 5) is 15.5. The molecule has 0 amide bonds. The fourth-order valence-corrected chi connectivity index (χ4v) is 1.41. The molecular formula is C11H11F3N4O2. The van der Waals surface area contributed by atoms with Crippen LogP contribution >= 0.6 is 0 Å². The van der Waals surface area contributed by atoms with Gasteiger partial charge < -0.3 is 4.52 Å². The van der Waals surface area contributed by atoms with Gasteiger partial charge in [0.1, 0.15) is 6.54 Å². The SMILES string of the molecule is CC(C)c1nc(Cn2nc(C(F)(F)F)ccc2=O)no1. The molecule has 0 fully saturated rings. The smallest absolute Gasteiger partial charge is 0.339 e. The van der Waals surface area contributed by atoms with Crippen molar-refractivity contribution in [3.63, 3.8) is 0 Å². The highest BCUT2D eigenvalue weighted by Crippen LogP contribution is 2.26. The maximum absolute atomic E-state index is 12.5. The predicted octanol–water partition coefficient (Wildman–Crippen LogP) is 1.82.